The van der Waals surface area contributed by atoms with Gasteiger partial charge >= 0.3 is 5.97 Å². The van der Waals surface area contributed by atoms with Gasteiger partial charge in [-0.3, -0.25) is 0 Å². The molecule has 4 heteroatoms. The molecule has 0 heterocycles. The van der Waals surface area contributed by atoms with Crippen LogP contribution in [0.25, 0.3) is 0 Å². The zero-order chi connectivity index (χ0) is 14.1. The molecule has 0 unspecified atom stereocenters. The Bertz CT molecular complexity index is 441. The molecule has 0 aliphatic rings. The van der Waals surface area contributed by atoms with Gasteiger partial charge in [0.1, 0.15) is 11.5 Å². The van der Waals surface area contributed by atoms with Crippen LogP contribution in [0.1, 0.15) is 25.8 Å². The van der Waals surface area contributed by atoms with Gasteiger partial charge in [0.15, 0.2) is 0 Å². The molecule has 0 aliphatic carbocycles. The quantitative estimate of drug-likeness (QED) is 0.330. The lowest BCUT2D eigenvalue weighted by atomic mass is 10.1. The summed E-state index contributed by atoms with van der Waals surface area (Å²) in [6.45, 7) is 4.25. The van der Waals surface area contributed by atoms with Crippen molar-refractivity contribution in [2.45, 2.75) is 26.7 Å². The average Bonchev–Trinajstić information content (AvgIpc) is 2.40. The fraction of sp³-hybridized carbons (Fsp3) is 0.400. The molecule has 0 amide bonds. The first-order valence-corrected chi connectivity index (χ1v) is 7.52. The second-order valence-corrected chi connectivity index (χ2v) is 4.52. The fourth-order valence-electron chi connectivity index (χ4n) is 1.63. The first kappa shape index (κ1) is 15.8. The molecule has 19 heavy (non-hydrogen) atoms. The van der Waals surface area contributed by atoms with Crippen molar-refractivity contribution < 1.29 is 14.3 Å². The summed E-state index contributed by atoms with van der Waals surface area (Å²) in [6, 6.07) is 7.85. The van der Waals surface area contributed by atoms with E-state index in [2.05, 4.69) is 22.9 Å². The number of para-hydroxylation sites is 1. The van der Waals surface area contributed by atoms with Gasteiger partial charge in [0.05, 0.1) is 18.0 Å². The third-order valence-electron chi connectivity index (χ3n) is 2.43. The van der Waals surface area contributed by atoms with Crippen LogP contribution in [-0.2, 0) is 16.0 Å². The van der Waals surface area contributed by atoms with Crippen LogP contribution in [0.4, 0.5) is 0 Å². The lowest BCUT2D eigenvalue weighted by Gasteiger charge is -2.11. The third kappa shape index (κ3) is 5.47. The van der Waals surface area contributed by atoms with Gasteiger partial charge in [-0.25, -0.2) is 4.79 Å². The van der Waals surface area contributed by atoms with Gasteiger partial charge in [0.25, 0.3) is 0 Å². The monoisotopic (exact) mass is 326 g/mol. The topological polar surface area (TPSA) is 35.5 Å². The van der Waals surface area contributed by atoms with E-state index in [4.69, 9.17) is 9.47 Å². The summed E-state index contributed by atoms with van der Waals surface area (Å²) in [6.07, 6.45) is 3.37. The Balaban J connectivity index is 2.83. The minimum atomic E-state index is -0.384. The zero-order valence-electron chi connectivity index (χ0n) is 11.3. The minimum absolute atomic E-state index is 0.358. The predicted molar refractivity (Wildman–Crippen MR) is 79.6 cm³/mol. The molecule has 0 aromatic heterocycles. The maximum absolute atomic E-state index is 11.4. The predicted octanol–water partition coefficient (Wildman–Crippen LogP) is 3.86. The van der Waals surface area contributed by atoms with E-state index in [1.165, 1.54) is 6.08 Å². The molecule has 0 saturated heterocycles. The minimum Gasteiger partial charge on any atom is -0.463 e. The van der Waals surface area contributed by atoms with Crippen LogP contribution in [0.2, 0.25) is 0 Å². The molecule has 0 spiro atoms. The number of esters is 1. The number of aryl methyl sites for hydroxylation is 1. The van der Waals surface area contributed by atoms with Crippen molar-refractivity contribution in [1.82, 2.24) is 0 Å². The van der Waals surface area contributed by atoms with Gasteiger partial charge in [-0.05, 0) is 25.0 Å². The Kier molecular flexibility index (Phi) is 7.26. The molecule has 104 valence electrons. The summed E-state index contributed by atoms with van der Waals surface area (Å²) >= 11 is 3.32. The van der Waals surface area contributed by atoms with Crippen LogP contribution in [0.15, 0.2) is 36.1 Å². The van der Waals surface area contributed by atoms with Gasteiger partial charge in [-0.2, -0.15) is 0 Å². The highest BCUT2D eigenvalue weighted by Gasteiger charge is 2.07. The highest BCUT2D eigenvalue weighted by molar-refractivity contribution is 9.09. The van der Waals surface area contributed by atoms with Crippen molar-refractivity contribution in [3.05, 3.63) is 41.7 Å². The number of halogens is 1. The number of rotatable bonds is 7. The fourth-order valence-corrected chi connectivity index (χ4v) is 1.91. The molecule has 1 rings (SSSR count). The van der Waals surface area contributed by atoms with E-state index in [-0.39, 0.29) is 5.97 Å². The van der Waals surface area contributed by atoms with E-state index in [9.17, 15) is 4.79 Å². The number of alkyl halides is 1. The van der Waals surface area contributed by atoms with Crippen LogP contribution in [-0.4, -0.2) is 17.9 Å². The Morgan fingerprint density at radius 1 is 1.32 bits per heavy atom. The van der Waals surface area contributed by atoms with Crippen molar-refractivity contribution in [2.24, 2.45) is 0 Å². The van der Waals surface area contributed by atoms with Crippen molar-refractivity contribution in [2.75, 3.05) is 11.9 Å². The highest BCUT2D eigenvalue weighted by Crippen LogP contribution is 2.22. The van der Waals surface area contributed by atoms with Crippen molar-refractivity contribution in [1.29, 1.82) is 0 Å². The number of ether oxygens (including phenoxy) is 2. The van der Waals surface area contributed by atoms with Gasteiger partial charge in [-0.15, -0.1) is 0 Å². The van der Waals surface area contributed by atoms with Crippen LogP contribution >= 0.6 is 15.9 Å². The molecule has 0 aliphatic heterocycles. The largest absolute Gasteiger partial charge is 0.463 e. The Labute approximate surface area is 122 Å². The maximum atomic E-state index is 11.4. The molecule has 3 nitrogen and oxygen atoms in total. The Morgan fingerprint density at radius 3 is 2.68 bits per heavy atom. The Morgan fingerprint density at radius 2 is 2.05 bits per heavy atom. The van der Waals surface area contributed by atoms with Crippen molar-refractivity contribution in [3.8, 4) is 5.75 Å². The maximum Gasteiger partial charge on any atom is 0.334 e. The van der Waals surface area contributed by atoms with E-state index in [1.54, 1.807) is 6.92 Å². The first-order chi connectivity index (χ1) is 9.21. The molecule has 0 radical (unpaired) electrons. The zero-order valence-corrected chi connectivity index (χ0v) is 12.9. The molecule has 0 fully saturated rings. The third-order valence-corrected chi connectivity index (χ3v) is 2.98. The molecular formula is C15H19BrO3. The van der Waals surface area contributed by atoms with Gasteiger partial charge in [0, 0.05) is 0 Å². The molecule has 1 aromatic rings. The van der Waals surface area contributed by atoms with Crippen LogP contribution in [0.5, 0.6) is 5.75 Å². The summed E-state index contributed by atoms with van der Waals surface area (Å²) < 4.78 is 10.7. The summed E-state index contributed by atoms with van der Waals surface area (Å²) in [5, 5.41) is 0.465. The molecule has 0 N–H and O–H groups in total. The second-order valence-electron chi connectivity index (χ2n) is 3.96. The number of hydrogen-bond donors (Lipinski definition) is 0. The van der Waals surface area contributed by atoms with Crippen molar-refractivity contribution in [3.63, 3.8) is 0 Å². The average molecular weight is 327 g/mol. The van der Waals surface area contributed by atoms with Crippen LogP contribution < -0.4 is 4.74 Å². The van der Waals surface area contributed by atoms with E-state index < -0.39 is 0 Å². The lowest BCUT2D eigenvalue weighted by Crippen LogP contribution is -2.06. The van der Waals surface area contributed by atoms with Gasteiger partial charge in [-0.1, -0.05) is 47.5 Å². The van der Waals surface area contributed by atoms with Crippen molar-refractivity contribution >= 4 is 21.9 Å². The summed E-state index contributed by atoms with van der Waals surface area (Å²) in [5.41, 5.74) is 1.14. The van der Waals surface area contributed by atoms with E-state index in [0.717, 1.165) is 24.2 Å². The van der Waals surface area contributed by atoms with Gasteiger partial charge < -0.3 is 9.47 Å². The van der Waals surface area contributed by atoms with E-state index in [1.807, 2.05) is 24.3 Å². The number of allylic oxidation sites excluding steroid dienone is 1. The number of benzene rings is 1. The second kappa shape index (κ2) is 8.75. The normalized spacial score (nSPS) is 11.2. The molecule has 0 saturated carbocycles. The number of carbonyl (C=O) groups is 1. The van der Waals surface area contributed by atoms with Crippen LogP contribution in [0.3, 0.4) is 0 Å². The van der Waals surface area contributed by atoms with Crippen LogP contribution in [0, 0.1) is 0 Å². The molecular weight excluding hydrogens is 308 g/mol. The highest BCUT2D eigenvalue weighted by atomic mass is 79.9. The Hall–Kier alpha value is -1.29. The van der Waals surface area contributed by atoms with E-state index >= 15 is 0 Å². The summed E-state index contributed by atoms with van der Waals surface area (Å²) in [4.78, 5) is 11.4. The lowest BCUT2D eigenvalue weighted by molar-refractivity contribution is -0.137. The SMILES string of the molecule is CCCc1ccccc1OC(=CC(=O)OCC)CBr. The number of carbonyl (C=O) groups excluding carboxylic acids is 1. The molecule has 0 atom stereocenters. The summed E-state index contributed by atoms with van der Waals surface area (Å²) in [7, 11) is 0. The number of hydrogen-bond acceptors (Lipinski definition) is 3. The van der Waals surface area contributed by atoms with Gasteiger partial charge in [0.2, 0.25) is 0 Å². The summed E-state index contributed by atoms with van der Waals surface area (Å²) in [5.74, 6) is 0.950. The molecule has 1 aromatic carbocycles. The smallest absolute Gasteiger partial charge is 0.334 e. The van der Waals surface area contributed by atoms with E-state index in [0.29, 0.717) is 17.7 Å². The molecule has 0 bridgehead atoms. The standard InChI is InChI=1S/C15H19BrO3/c1-3-7-12-8-5-6-9-14(12)19-13(11-16)10-15(17)18-4-2/h5-6,8-10H,3-4,7,11H2,1-2H3. The first-order valence-electron chi connectivity index (χ1n) is 6.40.